The van der Waals surface area contributed by atoms with E-state index in [0.717, 1.165) is 0 Å². The van der Waals surface area contributed by atoms with Crippen molar-refractivity contribution in [2.24, 2.45) is 0 Å². The number of carbonyl (C=O) groups is 1. The highest BCUT2D eigenvalue weighted by Gasteiger charge is 2.27. The van der Waals surface area contributed by atoms with E-state index < -0.39 is 15.9 Å². The van der Waals surface area contributed by atoms with Gasteiger partial charge in [0.25, 0.3) is 15.9 Å². The number of hydrogen-bond donors (Lipinski definition) is 1. The largest absolute Gasteiger partial charge is 0.497 e. The molecule has 158 valence electrons. The first-order valence-corrected chi connectivity index (χ1v) is 11.1. The van der Waals surface area contributed by atoms with Crippen LogP contribution >= 0.6 is 34.8 Å². The lowest BCUT2D eigenvalue weighted by molar-refractivity contribution is 0.0975. The summed E-state index contributed by atoms with van der Waals surface area (Å²) in [7, 11) is -2.92. The standard InChI is InChI=1S/C18H15Cl3N4O4S/c1-3-14-17(22-24-25(14)15-7-4-10(19)8-13(15)21)18(26)23-30(27,28)16-9-11(29-2)5-6-12(16)20/h4-9H,3H2,1-2H3,(H,23,26). The molecular formula is C18H15Cl3N4O4S. The second-order valence-corrected chi connectivity index (χ2v) is 8.88. The molecule has 0 saturated heterocycles. The van der Waals surface area contributed by atoms with E-state index >= 15 is 0 Å². The number of aromatic nitrogens is 3. The molecule has 3 aromatic rings. The Morgan fingerprint density at radius 1 is 1.13 bits per heavy atom. The maximum absolute atomic E-state index is 12.7. The Morgan fingerprint density at radius 2 is 1.87 bits per heavy atom. The van der Waals surface area contributed by atoms with Gasteiger partial charge >= 0.3 is 0 Å². The summed E-state index contributed by atoms with van der Waals surface area (Å²) in [5.74, 6) is -0.688. The Kier molecular flexibility index (Phi) is 6.56. The number of halogens is 3. The summed E-state index contributed by atoms with van der Waals surface area (Å²) >= 11 is 18.1. The number of hydrogen-bond acceptors (Lipinski definition) is 6. The maximum Gasteiger partial charge on any atom is 0.287 e. The molecule has 0 atom stereocenters. The predicted octanol–water partition coefficient (Wildman–Crippen LogP) is 3.92. The molecule has 1 N–H and O–H groups in total. The summed E-state index contributed by atoms with van der Waals surface area (Å²) in [6.07, 6.45) is 0.328. The minimum Gasteiger partial charge on any atom is -0.497 e. The van der Waals surface area contributed by atoms with Gasteiger partial charge in [-0.05, 0) is 36.8 Å². The topological polar surface area (TPSA) is 103 Å². The smallest absolute Gasteiger partial charge is 0.287 e. The first-order valence-electron chi connectivity index (χ1n) is 8.48. The molecule has 0 aliphatic rings. The Balaban J connectivity index is 1.97. The van der Waals surface area contributed by atoms with E-state index in [1.807, 2.05) is 4.72 Å². The monoisotopic (exact) mass is 488 g/mol. The average molecular weight is 490 g/mol. The molecule has 1 aromatic heterocycles. The normalized spacial score (nSPS) is 11.4. The highest BCUT2D eigenvalue weighted by atomic mass is 35.5. The highest BCUT2D eigenvalue weighted by Crippen LogP contribution is 2.27. The number of sulfonamides is 1. The third-order valence-corrected chi connectivity index (χ3v) is 6.46. The van der Waals surface area contributed by atoms with Gasteiger partial charge in [-0.15, -0.1) is 5.10 Å². The van der Waals surface area contributed by atoms with Crippen LogP contribution in [0.2, 0.25) is 15.1 Å². The SMILES string of the molecule is CCc1c(C(=O)NS(=O)(=O)c2cc(OC)ccc2Cl)nnn1-c1ccc(Cl)cc1Cl. The van der Waals surface area contributed by atoms with Crippen LogP contribution in [0.1, 0.15) is 23.1 Å². The molecule has 2 aromatic carbocycles. The van der Waals surface area contributed by atoms with Crippen molar-refractivity contribution in [3.63, 3.8) is 0 Å². The lowest BCUT2D eigenvalue weighted by atomic mass is 10.2. The first-order chi connectivity index (χ1) is 14.2. The van der Waals surface area contributed by atoms with Crippen molar-refractivity contribution in [1.82, 2.24) is 19.7 Å². The van der Waals surface area contributed by atoms with Crippen LogP contribution in [0.15, 0.2) is 41.3 Å². The number of nitrogens with zero attached hydrogens (tertiary/aromatic N) is 3. The van der Waals surface area contributed by atoms with Crippen molar-refractivity contribution in [1.29, 1.82) is 0 Å². The van der Waals surface area contributed by atoms with E-state index in [-0.39, 0.29) is 21.4 Å². The third-order valence-electron chi connectivity index (χ3n) is 4.11. The Morgan fingerprint density at radius 3 is 2.50 bits per heavy atom. The molecular weight excluding hydrogens is 475 g/mol. The zero-order valence-electron chi connectivity index (χ0n) is 15.7. The third kappa shape index (κ3) is 4.39. The van der Waals surface area contributed by atoms with Gasteiger partial charge in [0, 0.05) is 11.1 Å². The summed E-state index contributed by atoms with van der Waals surface area (Å²) in [4.78, 5) is 12.4. The number of amides is 1. The van der Waals surface area contributed by atoms with Gasteiger partial charge in [0.15, 0.2) is 5.69 Å². The Labute approximate surface area is 187 Å². The molecule has 1 amide bonds. The highest BCUT2D eigenvalue weighted by molar-refractivity contribution is 7.90. The summed E-state index contributed by atoms with van der Waals surface area (Å²) < 4.78 is 33.8. The molecule has 0 unspecified atom stereocenters. The van der Waals surface area contributed by atoms with E-state index in [0.29, 0.717) is 27.8 Å². The Hall–Kier alpha value is -2.33. The van der Waals surface area contributed by atoms with Gasteiger partial charge in [-0.1, -0.05) is 46.9 Å². The van der Waals surface area contributed by atoms with Crippen molar-refractivity contribution in [3.05, 3.63) is 62.9 Å². The zero-order valence-corrected chi connectivity index (χ0v) is 18.8. The summed E-state index contributed by atoms with van der Waals surface area (Å²) in [5, 5.41) is 8.46. The van der Waals surface area contributed by atoms with Crippen LogP contribution in [0, 0.1) is 0 Å². The van der Waals surface area contributed by atoms with Crippen molar-refractivity contribution in [3.8, 4) is 11.4 Å². The molecule has 30 heavy (non-hydrogen) atoms. The van der Waals surface area contributed by atoms with Gasteiger partial charge < -0.3 is 4.74 Å². The van der Waals surface area contributed by atoms with Crippen LogP contribution in [-0.2, 0) is 16.4 Å². The lowest BCUT2D eigenvalue weighted by Crippen LogP contribution is -2.31. The number of ether oxygens (including phenoxy) is 1. The van der Waals surface area contributed by atoms with Crippen molar-refractivity contribution in [2.45, 2.75) is 18.2 Å². The number of methoxy groups -OCH3 is 1. The minimum absolute atomic E-state index is 0.0663. The number of rotatable bonds is 6. The lowest BCUT2D eigenvalue weighted by Gasteiger charge is -2.10. The molecule has 0 saturated carbocycles. The molecule has 1 heterocycles. The second kappa shape index (κ2) is 8.81. The summed E-state index contributed by atoms with van der Waals surface area (Å²) in [6, 6.07) is 8.82. The molecule has 0 bridgehead atoms. The quantitative estimate of drug-likeness (QED) is 0.563. The predicted molar refractivity (Wildman–Crippen MR) is 113 cm³/mol. The van der Waals surface area contributed by atoms with Crippen LogP contribution < -0.4 is 9.46 Å². The fraction of sp³-hybridized carbons (Fsp3) is 0.167. The van der Waals surface area contributed by atoms with Crippen LogP contribution in [0.3, 0.4) is 0 Å². The van der Waals surface area contributed by atoms with Crippen LogP contribution in [0.4, 0.5) is 0 Å². The molecule has 0 aliphatic carbocycles. The molecule has 12 heteroatoms. The van der Waals surface area contributed by atoms with Gasteiger partial charge in [-0.3, -0.25) is 4.79 Å². The van der Waals surface area contributed by atoms with E-state index in [1.165, 1.54) is 36.1 Å². The maximum atomic E-state index is 12.7. The molecule has 0 radical (unpaired) electrons. The summed E-state index contributed by atoms with van der Waals surface area (Å²) in [5.41, 5.74) is 0.651. The van der Waals surface area contributed by atoms with E-state index in [4.69, 9.17) is 39.5 Å². The molecule has 0 fully saturated rings. The van der Waals surface area contributed by atoms with Gasteiger partial charge in [-0.25, -0.2) is 17.8 Å². The number of carbonyl (C=O) groups excluding carboxylic acids is 1. The van der Waals surface area contributed by atoms with E-state index in [9.17, 15) is 13.2 Å². The van der Waals surface area contributed by atoms with Crippen molar-refractivity contribution in [2.75, 3.05) is 7.11 Å². The van der Waals surface area contributed by atoms with Crippen LogP contribution in [0.5, 0.6) is 5.75 Å². The van der Waals surface area contributed by atoms with Crippen molar-refractivity contribution < 1.29 is 17.9 Å². The minimum atomic E-state index is -4.30. The molecule has 3 rings (SSSR count). The molecule has 8 nitrogen and oxygen atoms in total. The number of benzene rings is 2. The first kappa shape index (κ1) is 22.4. The van der Waals surface area contributed by atoms with E-state index in [2.05, 4.69) is 10.3 Å². The van der Waals surface area contributed by atoms with Gasteiger partial charge in [-0.2, -0.15) is 0 Å². The fourth-order valence-electron chi connectivity index (χ4n) is 2.68. The molecule has 0 spiro atoms. The van der Waals surface area contributed by atoms with Crippen LogP contribution in [0.25, 0.3) is 5.69 Å². The zero-order chi connectivity index (χ0) is 22.1. The Bertz CT molecular complexity index is 1230. The van der Waals surface area contributed by atoms with E-state index in [1.54, 1.807) is 19.1 Å². The summed E-state index contributed by atoms with van der Waals surface area (Å²) in [6.45, 7) is 1.77. The molecule has 0 aliphatic heterocycles. The van der Waals surface area contributed by atoms with Crippen LogP contribution in [-0.4, -0.2) is 36.4 Å². The van der Waals surface area contributed by atoms with Gasteiger partial charge in [0.1, 0.15) is 10.6 Å². The van der Waals surface area contributed by atoms with Crippen molar-refractivity contribution >= 4 is 50.7 Å². The average Bonchev–Trinajstić information content (AvgIpc) is 3.11. The van der Waals surface area contributed by atoms with Gasteiger partial charge in [0.05, 0.1) is 28.5 Å². The second-order valence-electron chi connectivity index (χ2n) is 5.98. The van der Waals surface area contributed by atoms with Gasteiger partial charge in [0.2, 0.25) is 0 Å². The fourth-order valence-corrected chi connectivity index (χ4v) is 4.64. The number of nitrogens with one attached hydrogen (secondary N) is 1.